The maximum absolute atomic E-state index is 12.2. The van der Waals surface area contributed by atoms with E-state index in [1.54, 1.807) is 17.0 Å². The zero-order valence-corrected chi connectivity index (χ0v) is 11.7. The molecule has 0 aliphatic heterocycles. The Labute approximate surface area is 108 Å². The minimum absolute atomic E-state index is 0.0791. The molecule has 1 aromatic rings. The molecule has 0 amide bonds. The van der Waals surface area contributed by atoms with E-state index in [1.807, 2.05) is 27.7 Å². The molecule has 0 aliphatic carbocycles. The highest BCUT2D eigenvalue weighted by atomic mass is 16.1. The van der Waals surface area contributed by atoms with E-state index in [9.17, 15) is 4.79 Å². The van der Waals surface area contributed by atoms with E-state index in [0.717, 1.165) is 12.8 Å². The fraction of sp³-hybridized carbons (Fsp3) is 0.692. The van der Waals surface area contributed by atoms with E-state index >= 15 is 0 Å². The van der Waals surface area contributed by atoms with E-state index in [0.29, 0.717) is 12.4 Å². The normalized spacial score (nSPS) is 13.4. The Morgan fingerprint density at radius 2 is 2.17 bits per heavy atom. The van der Waals surface area contributed by atoms with Gasteiger partial charge < -0.3 is 15.6 Å². The number of hydrogen-bond donors (Lipinski definition) is 2. The molecule has 1 rings (SSSR count). The Morgan fingerprint density at radius 1 is 1.50 bits per heavy atom. The topological polar surface area (TPSA) is 72.9 Å². The van der Waals surface area contributed by atoms with Crippen LogP contribution in [-0.2, 0) is 5.54 Å². The molecule has 1 unspecified atom stereocenters. The predicted octanol–water partition coefficient (Wildman–Crippen LogP) is 1.54. The Balaban J connectivity index is 2.88. The highest BCUT2D eigenvalue weighted by Gasteiger charge is 2.17. The summed E-state index contributed by atoms with van der Waals surface area (Å²) < 4.78 is 1.69. The van der Waals surface area contributed by atoms with E-state index in [-0.39, 0.29) is 17.1 Å². The van der Waals surface area contributed by atoms with Gasteiger partial charge in [0, 0.05) is 24.0 Å². The number of anilines is 1. The first-order valence-corrected chi connectivity index (χ1v) is 6.41. The van der Waals surface area contributed by atoms with Crippen molar-refractivity contribution < 1.29 is 0 Å². The molecule has 0 aromatic carbocycles. The second-order valence-electron chi connectivity index (χ2n) is 5.60. The highest BCUT2D eigenvalue weighted by molar-refractivity contribution is 5.32. The molecule has 18 heavy (non-hydrogen) atoms. The molecule has 0 aliphatic rings. The smallest absolute Gasteiger partial charge is 0.293 e. The van der Waals surface area contributed by atoms with Gasteiger partial charge >= 0.3 is 0 Å². The SMILES string of the molecule is CC(CCCN)Nc1nccn(C(C)(C)C)c1=O. The van der Waals surface area contributed by atoms with Gasteiger partial charge in [-0.25, -0.2) is 4.98 Å². The molecule has 1 aromatic heterocycles. The number of aromatic nitrogens is 2. The van der Waals surface area contributed by atoms with Crippen molar-refractivity contribution in [1.82, 2.24) is 9.55 Å². The first kappa shape index (κ1) is 14.7. The van der Waals surface area contributed by atoms with Gasteiger partial charge in [0.15, 0.2) is 5.82 Å². The largest absolute Gasteiger partial charge is 0.363 e. The van der Waals surface area contributed by atoms with Crippen LogP contribution in [0.3, 0.4) is 0 Å². The lowest BCUT2D eigenvalue weighted by Crippen LogP contribution is -2.36. The van der Waals surface area contributed by atoms with E-state index in [4.69, 9.17) is 5.73 Å². The average molecular weight is 252 g/mol. The molecule has 1 atom stereocenters. The molecular weight excluding hydrogens is 228 g/mol. The van der Waals surface area contributed by atoms with Gasteiger partial charge in [0.25, 0.3) is 5.56 Å². The molecular formula is C13H24N4O. The van der Waals surface area contributed by atoms with Gasteiger partial charge in [0.2, 0.25) is 0 Å². The summed E-state index contributed by atoms with van der Waals surface area (Å²) in [6, 6.07) is 0.199. The molecule has 3 N–H and O–H groups in total. The van der Waals surface area contributed by atoms with Crippen molar-refractivity contribution in [3.05, 3.63) is 22.7 Å². The zero-order valence-electron chi connectivity index (χ0n) is 11.7. The van der Waals surface area contributed by atoms with Crippen LogP contribution in [-0.4, -0.2) is 22.1 Å². The van der Waals surface area contributed by atoms with Crippen LogP contribution in [0.5, 0.6) is 0 Å². The quantitative estimate of drug-likeness (QED) is 0.833. The van der Waals surface area contributed by atoms with Crippen LogP contribution in [0.25, 0.3) is 0 Å². The van der Waals surface area contributed by atoms with Crippen LogP contribution in [0.4, 0.5) is 5.82 Å². The van der Waals surface area contributed by atoms with Crippen molar-refractivity contribution in [3.8, 4) is 0 Å². The molecule has 1 heterocycles. The summed E-state index contributed by atoms with van der Waals surface area (Å²) in [7, 11) is 0. The lowest BCUT2D eigenvalue weighted by Gasteiger charge is -2.23. The summed E-state index contributed by atoms with van der Waals surface area (Å²) in [6.07, 6.45) is 5.25. The van der Waals surface area contributed by atoms with Crippen molar-refractivity contribution in [2.75, 3.05) is 11.9 Å². The summed E-state index contributed by atoms with van der Waals surface area (Å²) in [5, 5.41) is 3.16. The van der Waals surface area contributed by atoms with E-state index < -0.39 is 0 Å². The number of nitrogens with two attached hydrogens (primary N) is 1. The van der Waals surface area contributed by atoms with Crippen molar-refractivity contribution in [2.45, 2.75) is 52.1 Å². The maximum Gasteiger partial charge on any atom is 0.293 e. The summed E-state index contributed by atoms with van der Waals surface area (Å²) in [5.41, 5.74) is 5.15. The minimum Gasteiger partial charge on any atom is -0.363 e. The van der Waals surface area contributed by atoms with E-state index in [1.165, 1.54) is 0 Å². The number of nitrogens with one attached hydrogen (secondary N) is 1. The summed E-state index contributed by atoms with van der Waals surface area (Å²) in [4.78, 5) is 16.4. The predicted molar refractivity (Wildman–Crippen MR) is 74.9 cm³/mol. The molecule has 0 bridgehead atoms. The van der Waals surface area contributed by atoms with Gasteiger partial charge in [0.1, 0.15) is 0 Å². The second kappa shape index (κ2) is 6.00. The lowest BCUT2D eigenvalue weighted by molar-refractivity contribution is 0.383. The monoisotopic (exact) mass is 252 g/mol. The standard InChI is InChI=1S/C13H24N4O/c1-10(6-5-7-14)16-11-12(18)17(9-8-15-11)13(2,3)4/h8-10H,5-7,14H2,1-4H3,(H,15,16). The molecule has 5 heteroatoms. The van der Waals surface area contributed by atoms with Crippen molar-refractivity contribution in [2.24, 2.45) is 5.73 Å². The Kier molecular flexibility index (Phi) is 4.90. The summed E-state index contributed by atoms with van der Waals surface area (Å²) in [6.45, 7) is 8.69. The van der Waals surface area contributed by atoms with Crippen LogP contribution in [0.2, 0.25) is 0 Å². The molecule has 5 nitrogen and oxygen atoms in total. The van der Waals surface area contributed by atoms with Gasteiger partial charge in [-0.2, -0.15) is 0 Å². The first-order valence-electron chi connectivity index (χ1n) is 6.41. The van der Waals surface area contributed by atoms with Gasteiger partial charge in [0.05, 0.1) is 0 Å². The summed E-state index contributed by atoms with van der Waals surface area (Å²) >= 11 is 0. The van der Waals surface area contributed by atoms with Gasteiger partial charge in [-0.05, 0) is 47.1 Å². The first-order chi connectivity index (χ1) is 8.36. The second-order valence-corrected chi connectivity index (χ2v) is 5.60. The highest BCUT2D eigenvalue weighted by Crippen LogP contribution is 2.11. The van der Waals surface area contributed by atoms with Crippen molar-refractivity contribution in [1.29, 1.82) is 0 Å². The van der Waals surface area contributed by atoms with Crippen LogP contribution in [0, 0.1) is 0 Å². The van der Waals surface area contributed by atoms with Crippen molar-refractivity contribution in [3.63, 3.8) is 0 Å². The van der Waals surface area contributed by atoms with Crippen molar-refractivity contribution >= 4 is 5.82 Å². The van der Waals surface area contributed by atoms with Gasteiger partial charge in [-0.15, -0.1) is 0 Å². The Morgan fingerprint density at radius 3 is 2.72 bits per heavy atom. The molecule has 0 saturated carbocycles. The third-order valence-corrected chi connectivity index (χ3v) is 2.79. The zero-order chi connectivity index (χ0) is 13.8. The van der Waals surface area contributed by atoms with Crippen LogP contribution in [0.1, 0.15) is 40.5 Å². The van der Waals surface area contributed by atoms with Crippen LogP contribution >= 0.6 is 0 Å². The fourth-order valence-electron chi connectivity index (χ4n) is 1.77. The molecule has 0 fully saturated rings. The fourth-order valence-corrected chi connectivity index (χ4v) is 1.77. The van der Waals surface area contributed by atoms with Crippen LogP contribution in [0.15, 0.2) is 17.2 Å². The van der Waals surface area contributed by atoms with Gasteiger partial charge in [-0.3, -0.25) is 4.79 Å². The number of hydrogen-bond acceptors (Lipinski definition) is 4. The van der Waals surface area contributed by atoms with E-state index in [2.05, 4.69) is 10.3 Å². The molecule has 102 valence electrons. The lowest BCUT2D eigenvalue weighted by atomic mass is 10.1. The number of nitrogens with zero attached hydrogens (tertiary/aromatic N) is 2. The third-order valence-electron chi connectivity index (χ3n) is 2.79. The maximum atomic E-state index is 12.2. The third kappa shape index (κ3) is 3.84. The molecule has 0 saturated heterocycles. The van der Waals surface area contributed by atoms with Crippen LogP contribution < -0.4 is 16.6 Å². The van der Waals surface area contributed by atoms with Gasteiger partial charge in [-0.1, -0.05) is 0 Å². The Bertz CT molecular complexity index is 433. The summed E-state index contributed by atoms with van der Waals surface area (Å²) in [5.74, 6) is 0.414. The minimum atomic E-state index is -0.239. The Hall–Kier alpha value is -1.36. The molecule has 0 spiro atoms. The number of rotatable bonds is 5. The average Bonchev–Trinajstić information content (AvgIpc) is 2.27. The molecule has 0 radical (unpaired) electrons.